The second kappa shape index (κ2) is 8.91. The van der Waals surface area contributed by atoms with Crippen LogP contribution in [0.4, 0.5) is 0 Å². The third kappa shape index (κ3) is 4.40. The second-order valence-electron chi connectivity index (χ2n) is 8.49. The Morgan fingerprint density at radius 3 is 2.72 bits per heavy atom. The van der Waals surface area contributed by atoms with Gasteiger partial charge in [-0.15, -0.1) is 0 Å². The minimum absolute atomic E-state index is 0.00975. The zero-order valence-corrected chi connectivity index (χ0v) is 18.2. The smallest absolute Gasteiger partial charge is 0.214 e. The van der Waals surface area contributed by atoms with Crippen LogP contribution < -0.4 is 4.74 Å². The van der Waals surface area contributed by atoms with E-state index in [0.717, 1.165) is 40.6 Å². The molecule has 4 aromatic rings. The highest BCUT2D eigenvalue weighted by Crippen LogP contribution is 2.25. The molecule has 0 bridgehead atoms. The first-order valence-electron chi connectivity index (χ1n) is 11.2. The fourth-order valence-electron chi connectivity index (χ4n) is 4.35. The van der Waals surface area contributed by atoms with Gasteiger partial charge in [-0.05, 0) is 49.3 Å². The number of carbonyl (C=O) groups is 1. The predicted octanol–water partition coefficient (Wildman–Crippen LogP) is 5.17. The van der Waals surface area contributed by atoms with Crippen molar-refractivity contribution in [2.45, 2.75) is 44.6 Å². The van der Waals surface area contributed by atoms with Crippen LogP contribution in [0.2, 0.25) is 0 Å². The van der Waals surface area contributed by atoms with E-state index in [9.17, 15) is 4.79 Å². The number of hydrogen-bond acceptors (Lipinski definition) is 5. The lowest BCUT2D eigenvalue weighted by Crippen LogP contribution is -2.20. The molecule has 1 aliphatic carbocycles. The summed E-state index contributed by atoms with van der Waals surface area (Å²) in [6.07, 6.45) is 13.3. The Morgan fingerprint density at radius 1 is 1.03 bits per heavy atom. The zero-order chi connectivity index (χ0) is 21.9. The van der Waals surface area contributed by atoms with Crippen molar-refractivity contribution in [2.75, 3.05) is 0 Å². The standard InChI is InChI=1S/C26H26N4O2/c1-30-17-27-16-24(30)18-7-8-20-15-29-22(12-21(20)11-18)14-25(31)19-9-10-28-26(13-19)32-23-5-3-2-4-6-23/h7-13,15-17,23H,2-6,14H2,1H3. The molecule has 6 nitrogen and oxygen atoms in total. The average Bonchev–Trinajstić information content (AvgIpc) is 3.25. The number of hydrogen-bond donors (Lipinski definition) is 0. The highest BCUT2D eigenvalue weighted by Gasteiger charge is 2.17. The predicted molar refractivity (Wildman–Crippen MR) is 124 cm³/mol. The van der Waals surface area contributed by atoms with E-state index in [-0.39, 0.29) is 18.3 Å². The molecule has 3 aromatic heterocycles. The van der Waals surface area contributed by atoms with Crippen molar-refractivity contribution in [3.8, 4) is 17.1 Å². The first kappa shape index (κ1) is 20.4. The molecule has 5 rings (SSSR count). The molecule has 1 aliphatic rings. The molecule has 0 saturated heterocycles. The number of rotatable bonds is 6. The number of ketones is 1. The van der Waals surface area contributed by atoms with Crippen LogP contribution in [0, 0.1) is 0 Å². The summed E-state index contributed by atoms with van der Waals surface area (Å²) in [4.78, 5) is 26.0. The maximum absolute atomic E-state index is 13.0. The molecule has 32 heavy (non-hydrogen) atoms. The molecule has 0 unspecified atom stereocenters. The number of benzene rings is 1. The summed E-state index contributed by atoms with van der Waals surface area (Å²) in [6, 6.07) is 11.7. The van der Waals surface area contributed by atoms with Gasteiger partial charge in [0.2, 0.25) is 5.88 Å². The maximum Gasteiger partial charge on any atom is 0.214 e. The minimum atomic E-state index is 0.00975. The molecule has 0 atom stereocenters. The lowest BCUT2D eigenvalue weighted by atomic mass is 9.98. The van der Waals surface area contributed by atoms with Gasteiger partial charge >= 0.3 is 0 Å². The molecule has 0 spiro atoms. The molecule has 3 heterocycles. The van der Waals surface area contributed by atoms with Crippen LogP contribution in [0.15, 0.2) is 61.3 Å². The first-order chi connectivity index (χ1) is 15.7. The summed E-state index contributed by atoms with van der Waals surface area (Å²) in [7, 11) is 1.98. The molecule has 1 saturated carbocycles. The lowest BCUT2D eigenvalue weighted by molar-refractivity contribution is 0.0990. The van der Waals surface area contributed by atoms with Gasteiger partial charge in [0.25, 0.3) is 0 Å². The van der Waals surface area contributed by atoms with Crippen molar-refractivity contribution in [3.63, 3.8) is 0 Å². The Hall–Kier alpha value is -3.54. The number of carbonyl (C=O) groups excluding carboxylic acids is 1. The molecule has 1 aromatic carbocycles. The van der Waals surface area contributed by atoms with Gasteiger partial charge in [-0.1, -0.05) is 18.6 Å². The van der Waals surface area contributed by atoms with Gasteiger partial charge in [-0.3, -0.25) is 9.78 Å². The van der Waals surface area contributed by atoms with Crippen LogP contribution in [0.5, 0.6) is 5.88 Å². The molecule has 0 N–H and O–H groups in total. The number of aromatic nitrogens is 4. The average molecular weight is 427 g/mol. The van der Waals surface area contributed by atoms with E-state index in [0.29, 0.717) is 11.4 Å². The van der Waals surface area contributed by atoms with E-state index in [1.807, 2.05) is 36.1 Å². The van der Waals surface area contributed by atoms with Crippen molar-refractivity contribution in [1.82, 2.24) is 19.5 Å². The van der Waals surface area contributed by atoms with Crippen molar-refractivity contribution in [3.05, 3.63) is 72.6 Å². The summed E-state index contributed by atoms with van der Waals surface area (Å²) in [5, 5.41) is 2.09. The summed E-state index contributed by atoms with van der Waals surface area (Å²) >= 11 is 0. The Bertz CT molecular complexity index is 1260. The Labute approximate surface area is 187 Å². The summed E-state index contributed by atoms with van der Waals surface area (Å²) in [5.41, 5.74) is 3.48. The lowest BCUT2D eigenvalue weighted by Gasteiger charge is -2.22. The fraction of sp³-hybridized carbons (Fsp3) is 0.308. The molecule has 0 amide bonds. The quantitative estimate of drug-likeness (QED) is 0.398. The van der Waals surface area contributed by atoms with E-state index in [1.165, 1.54) is 19.3 Å². The summed E-state index contributed by atoms with van der Waals surface area (Å²) in [6.45, 7) is 0. The van der Waals surface area contributed by atoms with Crippen LogP contribution >= 0.6 is 0 Å². The van der Waals surface area contributed by atoms with Crippen molar-refractivity contribution in [2.24, 2.45) is 7.05 Å². The normalized spacial score (nSPS) is 14.5. The van der Waals surface area contributed by atoms with E-state index in [4.69, 9.17) is 4.74 Å². The van der Waals surface area contributed by atoms with Gasteiger partial charge < -0.3 is 9.30 Å². The van der Waals surface area contributed by atoms with E-state index < -0.39 is 0 Å². The largest absolute Gasteiger partial charge is 0.474 e. The Morgan fingerprint density at radius 2 is 1.91 bits per heavy atom. The first-order valence-corrected chi connectivity index (χ1v) is 11.2. The van der Waals surface area contributed by atoms with E-state index in [2.05, 4.69) is 27.1 Å². The van der Waals surface area contributed by atoms with Crippen LogP contribution in [0.3, 0.4) is 0 Å². The number of ether oxygens (including phenoxy) is 1. The third-order valence-corrected chi connectivity index (χ3v) is 6.13. The SMILES string of the molecule is Cn1cncc1-c1ccc2cnc(CC(=O)c3ccnc(OC4CCCCC4)c3)cc2c1. The van der Waals surface area contributed by atoms with Gasteiger partial charge in [-0.25, -0.2) is 9.97 Å². The molecular weight excluding hydrogens is 400 g/mol. The van der Waals surface area contributed by atoms with Gasteiger partial charge in [0.15, 0.2) is 5.78 Å². The fourth-order valence-corrected chi connectivity index (χ4v) is 4.35. The molecule has 0 radical (unpaired) electrons. The number of aryl methyl sites for hydroxylation is 1. The molecule has 162 valence electrons. The maximum atomic E-state index is 13.0. The number of Topliss-reactive ketones (excluding diaryl/α,β-unsaturated/α-hetero) is 1. The second-order valence-corrected chi connectivity index (χ2v) is 8.49. The Kier molecular flexibility index (Phi) is 5.67. The molecular formula is C26H26N4O2. The van der Waals surface area contributed by atoms with Crippen LogP contribution in [0.1, 0.15) is 48.2 Å². The topological polar surface area (TPSA) is 69.9 Å². The van der Waals surface area contributed by atoms with Crippen molar-refractivity contribution >= 4 is 16.6 Å². The number of pyridine rings is 2. The van der Waals surface area contributed by atoms with Crippen molar-refractivity contribution < 1.29 is 9.53 Å². The van der Waals surface area contributed by atoms with Crippen LogP contribution in [0.25, 0.3) is 22.0 Å². The Balaban J connectivity index is 1.34. The number of nitrogens with zero attached hydrogens (tertiary/aromatic N) is 4. The van der Waals surface area contributed by atoms with Gasteiger partial charge in [0.05, 0.1) is 24.6 Å². The molecule has 1 fully saturated rings. The molecule has 6 heteroatoms. The zero-order valence-electron chi connectivity index (χ0n) is 18.2. The van der Waals surface area contributed by atoms with Gasteiger partial charge in [0.1, 0.15) is 6.10 Å². The van der Waals surface area contributed by atoms with Gasteiger partial charge in [0, 0.05) is 47.7 Å². The monoisotopic (exact) mass is 426 g/mol. The van der Waals surface area contributed by atoms with Gasteiger partial charge in [-0.2, -0.15) is 0 Å². The summed E-state index contributed by atoms with van der Waals surface area (Å²) in [5.74, 6) is 0.547. The van der Waals surface area contributed by atoms with E-state index in [1.54, 1.807) is 24.7 Å². The number of imidazole rings is 1. The van der Waals surface area contributed by atoms with E-state index >= 15 is 0 Å². The van der Waals surface area contributed by atoms with Crippen LogP contribution in [-0.4, -0.2) is 31.4 Å². The minimum Gasteiger partial charge on any atom is -0.474 e. The third-order valence-electron chi connectivity index (χ3n) is 6.13. The van der Waals surface area contributed by atoms with Crippen molar-refractivity contribution in [1.29, 1.82) is 0 Å². The number of fused-ring (bicyclic) bond motifs is 1. The highest BCUT2D eigenvalue weighted by molar-refractivity contribution is 5.98. The highest BCUT2D eigenvalue weighted by atomic mass is 16.5. The summed E-state index contributed by atoms with van der Waals surface area (Å²) < 4.78 is 8.02. The molecule has 0 aliphatic heterocycles. The van der Waals surface area contributed by atoms with Crippen LogP contribution in [-0.2, 0) is 13.5 Å².